The molecule has 0 aromatic heterocycles. The maximum absolute atomic E-state index is 11.0. The molecule has 1 fully saturated rings. The van der Waals surface area contributed by atoms with Crippen molar-refractivity contribution >= 4 is 21.9 Å². The van der Waals surface area contributed by atoms with Crippen LogP contribution in [-0.4, -0.2) is 25.3 Å². The van der Waals surface area contributed by atoms with Gasteiger partial charge in [-0.1, -0.05) is 30.2 Å². The summed E-state index contributed by atoms with van der Waals surface area (Å²) in [6, 6.07) is 5.27. The molecule has 0 saturated heterocycles. The lowest BCUT2D eigenvalue weighted by molar-refractivity contribution is -0.243. The summed E-state index contributed by atoms with van der Waals surface area (Å²) < 4.78 is 45.0. The maximum atomic E-state index is 11.0. The summed E-state index contributed by atoms with van der Waals surface area (Å²) >= 11 is 6.23. The zero-order valence-corrected chi connectivity index (χ0v) is 13.5. The Bertz CT molecular complexity index is 657. The van der Waals surface area contributed by atoms with Crippen LogP contribution in [0.25, 0.3) is 0 Å². The lowest BCUT2D eigenvalue weighted by Gasteiger charge is -2.44. The average molecular weight is 348 g/mol. The first-order valence-corrected chi connectivity index (χ1v) is 9.08. The van der Waals surface area contributed by atoms with Gasteiger partial charge in [-0.05, 0) is 18.9 Å². The molecule has 1 heterocycles. The van der Waals surface area contributed by atoms with Gasteiger partial charge in [0.2, 0.25) is 5.79 Å². The molecule has 6 nitrogen and oxygen atoms in total. The van der Waals surface area contributed by atoms with E-state index < -0.39 is 22.2 Å². The van der Waals surface area contributed by atoms with E-state index in [9.17, 15) is 8.42 Å². The normalized spacial score (nSPS) is 23.8. The third-order valence-electron chi connectivity index (χ3n) is 4.06. The first-order valence-electron chi connectivity index (χ1n) is 7.26. The summed E-state index contributed by atoms with van der Waals surface area (Å²) in [5.74, 6) is -0.221. The monoisotopic (exact) mass is 347 g/mol. The molecule has 0 radical (unpaired) electrons. The van der Waals surface area contributed by atoms with Crippen molar-refractivity contribution in [3.8, 4) is 5.75 Å². The molecule has 1 aromatic rings. The molecular weight excluding hydrogens is 330 g/mol. The number of hydrogen-bond acceptors (Lipinski definition) is 4. The van der Waals surface area contributed by atoms with E-state index in [1.165, 1.54) is 0 Å². The van der Waals surface area contributed by atoms with Crippen molar-refractivity contribution in [2.45, 2.75) is 44.0 Å². The summed E-state index contributed by atoms with van der Waals surface area (Å²) in [5, 5.41) is 0.475. The number of rotatable bonds is 3. The van der Waals surface area contributed by atoms with Crippen LogP contribution in [0.15, 0.2) is 18.2 Å². The van der Waals surface area contributed by atoms with Crippen molar-refractivity contribution in [3.05, 3.63) is 28.8 Å². The molecule has 1 aliphatic heterocycles. The van der Waals surface area contributed by atoms with Gasteiger partial charge in [-0.15, -0.1) is 0 Å². The highest BCUT2D eigenvalue weighted by Gasteiger charge is 2.43. The van der Waals surface area contributed by atoms with Gasteiger partial charge in [0.15, 0.2) is 0 Å². The maximum Gasteiger partial charge on any atom is 0.333 e. The zero-order chi connectivity index (χ0) is 15.8. The molecular formula is C14H18ClNO5S. The fourth-order valence-electron chi connectivity index (χ4n) is 3.06. The van der Waals surface area contributed by atoms with Crippen LogP contribution in [0.5, 0.6) is 5.75 Å². The summed E-state index contributed by atoms with van der Waals surface area (Å²) in [6.07, 6.45) is 4.01. The number of ether oxygens (including phenoxy) is 2. The van der Waals surface area contributed by atoms with Gasteiger partial charge in [-0.3, -0.25) is 4.55 Å². The minimum atomic E-state index is -4.28. The quantitative estimate of drug-likeness (QED) is 0.821. The predicted molar refractivity (Wildman–Crippen MR) is 81.3 cm³/mol. The Morgan fingerprint density at radius 3 is 2.73 bits per heavy atom. The van der Waals surface area contributed by atoms with Gasteiger partial charge in [0.1, 0.15) is 11.9 Å². The molecule has 0 bridgehead atoms. The molecule has 22 heavy (non-hydrogen) atoms. The summed E-state index contributed by atoms with van der Waals surface area (Å²) in [4.78, 5) is 0. The van der Waals surface area contributed by atoms with Gasteiger partial charge < -0.3 is 9.47 Å². The third-order valence-corrected chi connectivity index (χ3v) is 4.89. The van der Waals surface area contributed by atoms with Gasteiger partial charge in [-0.2, -0.15) is 13.1 Å². The largest absolute Gasteiger partial charge is 0.460 e. The van der Waals surface area contributed by atoms with Crippen LogP contribution in [0.3, 0.4) is 0 Å². The fraction of sp³-hybridized carbons (Fsp3) is 0.571. The lowest BCUT2D eigenvalue weighted by Crippen LogP contribution is -2.47. The lowest BCUT2D eigenvalue weighted by atomic mass is 9.92. The zero-order valence-electron chi connectivity index (χ0n) is 11.9. The summed E-state index contributed by atoms with van der Waals surface area (Å²) in [5.41, 5.74) is 0.680. The van der Waals surface area contributed by atoms with Crippen molar-refractivity contribution < 1.29 is 22.4 Å². The summed E-state index contributed by atoms with van der Waals surface area (Å²) in [7, 11) is -4.28. The van der Waals surface area contributed by atoms with Crippen LogP contribution in [0.2, 0.25) is 5.02 Å². The van der Waals surface area contributed by atoms with Gasteiger partial charge in [0.25, 0.3) is 0 Å². The molecule has 2 N–H and O–H groups in total. The van der Waals surface area contributed by atoms with Crippen molar-refractivity contribution in [1.82, 2.24) is 4.72 Å². The molecule has 1 saturated carbocycles. The number of benzene rings is 1. The molecule has 3 rings (SSSR count). The topological polar surface area (TPSA) is 84.9 Å². The minimum Gasteiger partial charge on any atom is -0.460 e. The molecule has 1 atom stereocenters. The Labute approximate surface area is 134 Å². The van der Waals surface area contributed by atoms with E-state index in [0.717, 1.165) is 32.1 Å². The highest BCUT2D eigenvalue weighted by molar-refractivity contribution is 7.83. The van der Waals surface area contributed by atoms with E-state index in [0.29, 0.717) is 16.3 Å². The van der Waals surface area contributed by atoms with Crippen LogP contribution in [0.4, 0.5) is 0 Å². The highest BCUT2D eigenvalue weighted by atomic mass is 35.5. The summed E-state index contributed by atoms with van der Waals surface area (Å²) in [6.45, 7) is -0.0721. The second-order valence-electron chi connectivity index (χ2n) is 5.66. The Morgan fingerprint density at radius 2 is 2.05 bits per heavy atom. The second kappa shape index (κ2) is 5.98. The van der Waals surface area contributed by atoms with E-state index in [2.05, 4.69) is 4.72 Å². The SMILES string of the molecule is O=S(=O)(O)NCC1OC2(CCCCC2)Oc2c(Cl)cccc21. The van der Waals surface area contributed by atoms with Crippen LogP contribution >= 0.6 is 11.6 Å². The minimum absolute atomic E-state index is 0.0721. The molecule has 122 valence electrons. The first-order chi connectivity index (χ1) is 10.4. The Morgan fingerprint density at radius 1 is 1.32 bits per heavy atom. The van der Waals surface area contributed by atoms with Gasteiger partial charge >= 0.3 is 10.3 Å². The molecule has 1 unspecified atom stereocenters. The van der Waals surface area contributed by atoms with Crippen LogP contribution < -0.4 is 9.46 Å². The molecule has 1 spiro atoms. The van der Waals surface area contributed by atoms with E-state index in [4.69, 9.17) is 25.6 Å². The standard InChI is InChI=1S/C14H18ClNO5S/c15-11-6-4-5-10-12(9-16-22(17,18)19)20-14(21-13(10)11)7-2-1-3-8-14/h4-6,12,16H,1-3,7-9H2,(H,17,18,19). The van der Waals surface area contributed by atoms with E-state index in [-0.39, 0.29) is 6.54 Å². The third kappa shape index (κ3) is 3.38. The molecule has 8 heteroatoms. The fourth-order valence-corrected chi connectivity index (χ4v) is 3.64. The Hall–Kier alpha value is -0.860. The number of nitrogens with one attached hydrogen (secondary N) is 1. The van der Waals surface area contributed by atoms with Crippen molar-refractivity contribution in [1.29, 1.82) is 0 Å². The molecule has 0 amide bonds. The predicted octanol–water partition coefficient (Wildman–Crippen LogP) is 2.84. The Kier molecular flexibility index (Phi) is 4.35. The second-order valence-corrected chi connectivity index (χ2v) is 7.31. The number of fused-ring (bicyclic) bond motifs is 1. The van der Waals surface area contributed by atoms with Gasteiger partial charge in [-0.25, -0.2) is 0 Å². The number of halogens is 1. The van der Waals surface area contributed by atoms with Crippen molar-refractivity contribution in [2.24, 2.45) is 0 Å². The van der Waals surface area contributed by atoms with Crippen LogP contribution in [0, 0.1) is 0 Å². The Balaban J connectivity index is 1.92. The van der Waals surface area contributed by atoms with Crippen LogP contribution in [0.1, 0.15) is 43.8 Å². The van der Waals surface area contributed by atoms with Crippen molar-refractivity contribution in [3.63, 3.8) is 0 Å². The van der Waals surface area contributed by atoms with Gasteiger partial charge in [0, 0.05) is 24.9 Å². The highest BCUT2D eigenvalue weighted by Crippen LogP contribution is 2.47. The number of hydrogen-bond donors (Lipinski definition) is 2. The average Bonchev–Trinajstić information content (AvgIpc) is 2.46. The van der Waals surface area contributed by atoms with E-state index >= 15 is 0 Å². The molecule has 1 aromatic carbocycles. The van der Waals surface area contributed by atoms with Crippen LogP contribution in [-0.2, 0) is 15.0 Å². The van der Waals surface area contributed by atoms with Gasteiger partial charge in [0.05, 0.1) is 5.02 Å². The smallest absolute Gasteiger partial charge is 0.333 e. The molecule has 1 aliphatic carbocycles. The molecule has 2 aliphatic rings. The number of para-hydroxylation sites is 1. The van der Waals surface area contributed by atoms with E-state index in [1.807, 2.05) is 0 Å². The first kappa shape index (κ1) is 16.0. The van der Waals surface area contributed by atoms with Crippen molar-refractivity contribution in [2.75, 3.05) is 6.54 Å². The van der Waals surface area contributed by atoms with E-state index in [1.54, 1.807) is 18.2 Å².